The van der Waals surface area contributed by atoms with Crippen LogP contribution in [0.1, 0.15) is 45.0 Å². The van der Waals surface area contributed by atoms with Gasteiger partial charge in [-0.05, 0) is 47.9 Å². The SMILES string of the molecule is O=C(CC(CC(=O)c1ccncc1)c1ccc(Br)cc1)c1ccncc1. The van der Waals surface area contributed by atoms with Crippen molar-refractivity contribution in [1.82, 2.24) is 9.97 Å². The quantitative estimate of drug-likeness (QED) is 0.523. The zero-order chi connectivity index (χ0) is 18.4. The summed E-state index contributed by atoms with van der Waals surface area (Å²) in [7, 11) is 0. The highest BCUT2D eigenvalue weighted by atomic mass is 79.9. The molecule has 0 bridgehead atoms. The summed E-state index contributed by atoms with van der Waals surface area (Å²) >= 11 is 3.42. The van der Waals surface area contributed by atoms with E-state index in [1.54, 1.807) is 49.1 Å². The number of hydrogen-bond donors (Lipinski definition) is 0. The number of nitrogens with zero attached hydrogens (tertiary/aromatic N) is 2. The topological polar surface area (TPSA) is 59.9 Å². The highest BCUT2D eigenvalue weighted by Crippen LogP contribution is 2.28. The first-order valence-corrected chi connectivity index (χ1v) is 9.04. The molecule has 0 radical (unpaired) electrons. The van der Waals surface area contributed by atoms with Gasteiger partial charge in [0.05, 0.1) is 0 Å². The van der Waals surface area contributed by atoms with Gasteiger partial charge in [0.1, 0.15) is 0 Å². The Bertz CT molecular complexity index is 827. The standard InChI is InChI=1S/C21H17BrN2O2/c22-19-3-1-15(2-4-19)18(13-20(25)16-5-9-23-10-6-16)14-21(26)17-7-11-24-12-8-17/h1-12,18H,13-14H2. The van der Waals surface area contributed by atoms with Crippen molar-refractivity contribution < 1.29 is 9.59 Å². The molecule has 0 aliphatic rings. The molecule has 2 heterocycles. The van der Waals surface area contributed by atoms with Crippen molar-refractivity contribution >= 4 is 27.5 Å². The summed E-state index contributed by atoms with van der Waals surface area (Å²) < 4.78 is 0.959. The van der Waals surface area contributed by atoms with Gasteiger partial charge in [0.25, 0.3) is 0 Å². The second-order valence-corrected chi connectivity index (χ2v) is 6.89. The van der Waals surface area contributed by atoms with Gasteiger partial charge in [0.15, 0.2) is 11.6 Å². The molecule has 0 saturated carbocycles. The molecule has 0 N–H and O–H groups in total. The van der Waals surface area contributed by atoms with E-state index >= 15 is 0 Å². The highest BCUT2D eigenvalue weighted by Gasteiger charge is 2.21. The van der Waals surface area contributed by atoms with E-state index in [9.17, 15) is 9.59 Å². The Morgan fingerprint density at radius 1 is 0.731 bits per heavy atom. The summed E-state index contributed by atoms with van der Waals surface area (Å²) in [5.41, 5.74) is 2.19. The number of halogens is 1. The number of carbonyl (C=O) groups is 2. The first-order chi connectivity index (χ1) is 12.6. The molecule has 0 fully saturated rings. The average molecular weight is 409 g/mol. The normalized spacial score (nSPS) is 10.7. The van der Waals surface area contributed by atoms with Gasteiger partial charge in [-0.15, -0.1) is 0 Å². The van der Waals surface area contributed by atoms with Gasteiger partial charge >= 0.3 is 0 Å². The summed E-state index contributed by atoms with van der Waals surface area (Å²) in [6, 6.07) is 14.6. The van der Waals surface area contributed by atoms with Crippen molar-refractivity contribution in [3.05, 3.63) is 94.5 Å². The van der Waals surface area contributed by atoms with E-state index in [4.69, 9.17) is 0 Å². The minimum absolute atomic E-state index is 0.00264. The van der Waals surface area contributed by atoms with Crippen molar-refractivity contribution in [3.63, 3.8) is 0 Å². The van der Waals surface area contributed by atoms with Gasteiger partial charge in [-0.3, -0.25) is 19.6 Å². The van der Waals surface area contributed by atoms with E-state index in [-0.39, 0.29) is 30.3 Å². The second kappa shape index (κ2) is 8.63. The number of rotatable bonds is 7. The zero-order valence-corrected chi connectivity index (χ0v) is 15.6. The maximum Gasteiger partial charge on any atom is 0.163 e. The van der Waals surface area contributed by atoms with Crippen LogP contribution in [0.3, 0.4) is 0 Å². The zero-order valence-electron chi connectivity index (χ0n) is 14.0. The van der Waals surface area contributed by atoms with E-state index in [1.807, 2.05) is 24.3 Å². The van der Waals surface area contributed by atoms with Crippen molar-refractivity contribution in [2.75, 3.05) is 0 Å². The third kappa shape index (κ3) is 4.70. The van der Waals surface area contributed by atoms with E-state index in [1.165, 1.54) is 0 Å². The number of carbonyl (C=O) groups excluding carboxylic acids is 2. The Labute approximate surface area is 160 Å². The van der Waals surface area contributed by atoms with Gasteiger partial charge in [-0.2, -0.15) is 0 Å². The summed E-state index contributed by atoms with van der Waals surface area (Å²) in [6.07, 6.45) is 6.94. The van der Waals surface area contributed by atoms with Crippen LogP contribution in [-0.2, 0) is 0 Å². The summed E-state index contributed by atoms with van der Waals surface area (Å²) in [5, 5.41) is 0. The molecule has 1 aromatic carbocycles. The van der Waals surface area contributed by atoms with Crippen LogP contribution in [0.5, 0.6) is 0 Å². The molecule has 0 atom stereocenters. The molecule has 130 valence electrons. The second-order valence-electron chi connectivity index (χ2n) is 5.97. The Kier molecular flexibility index (Phi) is 6.02. The van der Waals surface area contributed by atoms with E-state index in [0.29, 0.717) is 11.1 Å². The van der Waals surface area contributed by atoms with Crippen LogP contribution >= 0.6 is 15.9 Å². The molecule has 0 saturated heterocycles. The smallest absolute Gasteiger partial charge is 0.163 e. The lowest BCUT2D eigenvalue weighted by molar-refractivity contribution is 0.0944. The maximum absolute atomic E-state index is 12.7. The van der Waals surface area contributed by atoms with Crippen LogP contribution in [0, 0.1) is 0 Å². The molecule has 3 aromatic rings. The van der Waals surface area contributed by atoms with Crippen LogP contribution in [0.2, 0.25) is 0 Å². The third-order valence-corrected chi connectivity index (χ3v) is 4.74. The minimum atomic E-state index is -0.190. The number of benzene rings is 1. The summed E-state index contributed by atoms with van der Waals surface area (Å²) in [4.78, 5) is 33.2. The van der Waals surface area contributed by atoms with Gasteiger partial charge in [-0.1, -0.05) is 28.1 Å². The lowest BCUT2D eigenvalue weighted by Crippen LogP contribution is -2.13. The largest absolute Gasteiger partial charge is 0.294 e. The Balaban J connectivity index is 1.83. The molecule has 2 aromatic heterocycles. The lowest BCUT2D eigenvalue weighted by atomic mass is 9.86. The first kappa shape index (κ1) is 18.1. The predicted octanol–water partition coefficient (Wildman–Crippen LogP) is 4.87. The summed E-state index contributed by atoms with van der Waals surface area (Å²) in [5.74, 6) is -0.185. The number of hydrogen-bond acceptors (Lipinski definition) is 4. The van der Waals surface area contributed by atoms with E-state index in [2.05, 4.69) is 25.9 Å². The molecule has 3 rings (SSSR count). The van der Waals surface area contributed by atoms with Gasteiger partial charge < -0.3 is 0 Å². The molecular formula is C21H17BrN2O2. The van der Waals surface area contributed by atoms with Crippen molar-refractivity contribution in [1.29, 1.82) is 0 Å². The van der Waals surface area contributed by atoms with Gasteiger partial charge in [0.2, 0.25) is 0 Å². The molecule has 0 spiro atoms. The Morgan fingerprint density at radius 3 is 1.58 bits per heavy atom. The van der Waals surface area contributed by atoms with Crippen LogP contribution < -0.4 is 0 Å². The Morgan fingerprint density at radius 2 is 1.15 bits per heavy atom. The maximum atomic E-state index is 12.7. The number of pyridine rings is 2. The van der Waals surface area contributed by atoms with Crippen LogP contribution in [-0.4, -0.2) is 21.5 Å². The van der Waals surface area contributed by atoms with Crippen LogP contribution in [0.4, 0.5) is 0 Å². The van der Waals surface area contributed by atoms with Crippen LogP contribution in [0.15, 0.2) is 77.8 Å². The lowest BCUT2D eigenvalue weighted by Gasteiger charge is -2.16. The molecular weight excluding hydrogens is 392 g/mol. The summed E-state index contributed by atoms with van der Waals surface area (Å²) in [6.45, 7) is 0. The van der Waals surface area contributed by atoms with Gasteiger partial charge in [-0.25, -0.2) is 0 Å². The minimum Gasteiger partial charge on any atom is -0.294 e. The third-order valence-electron chi connectivity index (χ3n) is 4.21. The molecule has 26 heavy (non-hydrogen) atoms. The fourth-order valence-electron chi connectivity index (χ4n) is 2.80. The molecule has 0 amide bonds. The molecule has 5 heteroatoms. The molecule has 0 aliphatic carbocycles. The van der Waals surface area contributed by atoms with Crippen LogP contribution in [0.25, 0.3) is 0 Å². The molecule has 4 nitrogen and oxygen atoms in total. The highest BCUT2D eigenvalue weighted by molar-refractivity contribution is 9.10. The molecule has 0 unspecified atom stereocenters. The van der Waals surface area contributed by atoms with E-state index in [0.717, 1.165) is 10.0 Å². The first-order valence-electron chi connectivity index (χ1n) is 8.25. The average Bonchev–Trinajstić information content (AvgIpc) is 2.69. The molecule has 0 aliphatic heterocycles. The fraction of sp³-hybridized carbons (Fsp3) is 0.143. The van der Waals surface area contributed by atoms with Crippen molar-refractivity contribution in [2.24, 2.45) is 0 Å². The number of aromatic nitrogens is 2. The Hall–Kier alpha value is -2.66. The van der Waals surface area contributed by atoms with Gasteiger partial charge in [0, 0.05) is 53.2 Å². The monoisotopic (exact) mass is 408 g/mol. The fourth-order valence-corrected chi connectivity index (χ4v) is 3.07. The van der Waals surface area contributed by atoms with Crippen molar-refractivity contribution in [2.45, 2.75) is 18.8 Å². The number of Topliss-reactive ketones (excluding diaryl/α,β-unsaturated/α-hetero) is 2. The van der Waals surface area contributed by atoms with E-state index < -0.39 is 0 Å². The predicted molar refractivity (Wildman–Crippen MR) is 103 cm³/mol. The number of ketones is 2. The van der Waals surface area contributed by atoms with Crippen molar-refractivity contribution in [3.8, 4) is 0 Å².